The summed E-state index contributed by atoms with van der Waals surface area (Å²) in [5.41, 5.74) is 5.59. The first-order chi connectivity index (χ1) is 16.1. The average Bonchev–Trinajstić information content (AvgIpc) is 3.15. The van der Waals surface area contributed by atoms with Gasteiger partial charge in [-0.2, -0.15) is 0 Å². The van der Waals surface area contributed by atoms with Crippen molar-refractivity contribution in [2.75, 3.05) is 0 Å². The molecule has 1 saturated heterocycles. The van der Waals surface area contributed by atoms with Crippen LogP contribution in [0.2, 0.25) is 0 Å². The van der Waals surface area contributed by atoms with Crippen molar-refractivity contribution in [1.82, 2.24) is 20.5 Å². The van der Waals surface area contributed by atoms with E-state index in [0.29, 0.717) is 18.5 Å². The molecule has 2 aromatic carbocycles. The lowest BCUT2D eigenvalue weighted by atomic mass is 10.0. The van der Waals surface area contributed by atoms with Crippen molar-refractivity contribution in [2.45, 2.75) is 38.5 Å². The van der Waals surface area contributed by atoms with Crippen LogP contribution in [-0.2, 0) is 29.2 Å². The lowest BCUT2D eigenvalue weighted by molar-refractivity contribution is -0.136. The molecule has 0 radical (unpaired) electrons. The summed E-state index contributed by atoms with van der Waals surface area (Å²) in [7, 11) is 0. The molecule has 2 aliphatic rings. The fourth-order valence-electron chi connectivity index (χ4n) is 4.42. The number of imide groups is 1. The Balaban J connectivity index is 1.29. The van der Waals surface area contributed by atoms with Gasteiger partial charge in [-0.3, -0.25) is 24.7 Å². The van der Waals surface area contributed by atoms with E-state index in [-0.39, 0.29) is 18.2 Å². The van der Waals surface area contributed by atoms with Crippen LogP contribution < -0.4 is 10.6 Å². The van der Waals surface area contributed by atoms with Crippen LogP contribution in [0.15, 0.2) is 66.9 Å². The third-order valence-corrected chi connectivity index (χ3v) is 6.14. The summed E-state index contributed by atoms with van der Waals surface area (Å²) in [4.78, 5) is 42.7. The van der Waals surface area contributed by atoms with Gasteiger partial charge in [-0.25, -0.2) is 0 Å². The van der Waals surface area contributed by atoms with Crippen LogP contribution in [0.1, 0.15) is 39.9 Å². The first kappa shape index (κ1) is 21.0. The SMILES string of the molecule is O=C1CCC(N2Cc3cc(-c4cc(CNCc5ccccc5)ccn4)ccc3C2=O)C(=O)N1. The van der Waals surface area contributed by atoms with Gasteiger partial charge in [-0.1, -0.05) is 36.4 Å². The molecule has 0 spiro atoms. The Kier molecular flexibility index (Phi) is 5.71. The third kappa shape index (κ3) is 4.40. The van der Waals surface area contributed by atoms with E-state index in [1.165, 1.54) is 5.56 Å². The van der Waals surface area contributed by atoms with E-state index in [1.54, 1.807) is 17.2 Å². The molecule has 7 heteroatoms. The van der Waals surface area contributed by atoms with Crippen LogP contribution >= 0.6 is 0 Å². The fourth-order valence-corrected chi connectivity index (χ4v) is 4.42. The topological polar surface area (TPSA) is 91.4 Å². The minimum Gasteiger partial charge on any atom is -0.322 e. The van der Waals surface area contributed by atoms with Crippen LogP contribution in [0.5, 0.6) is 0 Å². The maximum atomic E-state index is 12.9. The summed E-state index contributed by atoms with van der Waals surface area (Å²) in [6, 6.07) is 19.4. The van der Waals surface area contributed by atoms with E-state index in [9.17, 15) is 14.4 Å². The van der Waals surface area contributed by atoms with Gasteiger partial charge in [0.2, 0.25) is 11.8 Å². The number of nitrogens with one attached hydrogen (secondary N) is 2. The molecular formula is C26H24N4O3. The molecule has 0 bridgehead atoms. The standard InChI is InChI=1S/C26H24N4O3/c31-24-9-8-23(25(32)29-24)30-16-20-13-19(6-7-21(20)26(30)33)22-12-18(10-11-28-22)15-27-14-17-4-2-1-3-5-17/h1-7,10-13,23,27H,8-9,14-16H2,(H,29,31,32). The predicted octanol–water partition coefficient (Wildman–Crippen LogP) is 2.80. The molecule has 1 atom stereocenters. The highest BCUT2D eigenvalue weighted by atomic mass is 16.2. The van der Waals surface area contributed by atoms with Gasteiger partial charge in [0, 0.05) is 43.4 Å². The second kappa shape index (κ2) is 8.96. The predicted molar refractivity (Wildman–Crippen MR) is 123 cm³/mol. The molecule has 7 nitrogen and oxygen atoms in total. The van der Waals surface area contributed by atoms with Gasteiger partial charge in [0.05, 0.1) is 5.69 Å². The maximum Gasteiger partial charge on any atom is 0.255 e. The van der Waals surface area contributed by atoms with Gasteiger partial charge in [-0.05, 0) is 47.4 Å². The number of aromatic nitrogens is 1. The zero-order valence-electron chi connectivity index (χ0n) is 18.1. The molecule has 0 aliphatic carbocycles. The smallest absolute Gasteiger partial charge is 0.255 e. The molecule has 3 aromatic rings. The van der Waals surface area contributed by atoms with Gasteiger partial charge in [0.1, 0.15) is 6.04 Å². The highest BCUT2D eigenvalue weighted by Crippen LogP contribution is 2.30. The molecule has 1 aromatic heterocycles. The van der Waals surface area contributed by atoms with Crippen molar-refractivity contribution >= 4 is 17.7 Å². The number of benzene rings is 2. The monoisotopic (exact) mass is 440 g/mol. The maximum absolute atomic E-state index is 12.9. The Morgan fingerprint density at radius 3 is 2.61 bits per heavy atom. The van der Waals surface area contributed by atoms with Crippen LogP contribution in [-0.4, -0.2) is 33.6 Å². The second-order valence-corrected chi connectivity index (χ2v) is 8.41. The molecule has 2 aliphatic heterocycles. The van der Waals surface area contributed by atoms with Crippen molar-refractivity contribution in [3.05, 3.63) is 89.1 Å². The van der Waals surface area contributed by atoms with Gasteiger partial charge in [0.25, 0.3) is 5.91 Å². The highest BCUT2D eigenvalue weighted by Gasteiger charge is 2.39. The summed E-state index contributed by atoms with van der Waals surface area (Å²) in [5.74, 6) is -0.852. The zero-order valence-corrected chi connectivity index (χ0v) is 18.1. The Morgan fingerprint density at radius 1 is 0.970 bits per heavy atom. The average molecular weight is 441 g/mol. The molecule has 3 amide bonds. The number of piperidine rings is 1. The number of fused-ring (bicyclic) bond motifs is 1. The molecule has 3 heterocycles. The van der Waals surface area contributed by atoms with E-state index in [0.717, 1.165) is 35.5 Å². The van der Waals surface area contributed by atoms with Crippen molar-refractivity contribution in [3.63, 3.8) is 0 Å². The first-order valence-corrected chi connectivity index (χ1v) is 11.1. The molecule has 33 heavy (non-hydrogen) atoms. The third-order valence-electron chi connectivity index (χ3n) is 6.14. The van der Waals surface area contributed by atoms with Gasteiger partial charge < -0.3 is 10.2 Å². The van der Waals surface area contributed by atoms with Crippen LogP contribution in [0.25, 0.3) is 11.3 Å². The van der Waals surface area contributed by atoms with Crippen LogP contribution in [0.4, 0.5) is 0 Å². The van der Waals surface area contributed by atoms with E-state index in [2.05, 4.69) is 33.8 Å². The summed E-state index contributed by atoms with van der Waals surface area (Å²) in [6.07, 6.45) is 2.40. The Bertz CT molecular complexity index is 1230. The number of hydrogen-bond acceptors (Lipinski definition) is 5. The molecule has 5 rings (SSSR count). The summed E-state index contributed by atoms with van der Waals surface area (Å²) >= 11 is 0. The number of amides is 3. The molecule has 1 unspecified atom stereocenters. The second-order valence-electron chi connectivity index (χ2n) is 8.41. The summed E-state index contributed by atoms with van der Waals surface area (Å²) in [6.45, 7) is 1.86. The molecule has 0 saturated carbocycles. The van der Waals surface area contributed by atoms with Gasteiger partial charge in [0.15, 0.2) is 0 Å². The Hall–Kier alpha value is -3.84. The molecule has 166 valence electrons. The number of carbonyl (C=O) groups is 3. The molecule has 2 N–H and O–H groups in total. The number of rotatable bonds is 6. The molecule has 1 fully saturated rings. The van der Waals surface area contributed by atoms with Gasteiger partial charge >= 0.3 is 0 Å². The van der Waals surface area contributed by atoms with Crippen LogP contribution in [0, 0.1) is 0 Å². The number of carbonyl (C=O) groups excluding carboxylic acids is 3. The summed E-state index contributed by atoms with van der Waals surface area (Å²) < 4.78 is 0. The van der Waals surface area contributed by atoms with E-state index < -0.39 is 11.9 Å². The lowest BCUT2D eigenvalue weighted by Crippen LogP contribution is -2.52. The van der Waals surface area contributed by atoms with Crippen molar-refractivity contribution in [3.8, 4) is 11.3 Å². The summed E-state index contributed by atoms with van der Waals surface area (Å²) in [5, 5.41) is 5.79. The Labute approximate surface area is 191 Å². The van der Waals surface area contributed by atoms with E-state index in [1.807, 2.05) is 36.4 Å². The number of hydrogen-bond donors (Lipinski definition) is 2. The zero-order chi connectivity index (χ0) is 22.8. The highest BCUT2D eigenvalue weighted by molar-refractivity contribution is 6.05. The van der Waals surface area contributed by atoms with Crippen LogP contribution in [0.3, 0.4) is 0 Å². The normalized spacial score (nSPS) is 17.8. The van der Waals surface area contributed by atoms with Crippen molar-refractivity contribution < 1.29 is 14.4 Å². The number of nitrogens with zero attached hydrogens (tertiary/aromatic N) is 2. The minimum atomic E-state index is -0.608. The lowest BCUT2D eigenvalue weighted by Gasteiger charge is -2.29. The minimum absolute atomic E-state index is 0.169. The first-order valence-electron chi connectivity index (χ1n) is 11.1. The van der Waals surface area contributed by atoms with E-state index in [4.69, 9.17) is 0 Å². The van der Waals surface area contributed by atoms with Crippen molar-refractivity contribution in [1.29, 1.82) is 0 Å². The molecular weight excluding hydrogens is 416 g/mol. The number of pyridine rings is 1. The largest absolute Gasteiger partial charge is 0.322 e. The quantitative estimate of drug-likeness (QED) is 0.575. The fraction of sp³-hybridized carbons (Fsp3) is 0.231. The van der Waals surface area contributed by atoms with Crippen molar-refractivity contribution in [2.24, 2.45) is 0 Å². The Morgan fingerprint density at radius 2 is 1.79 bits per heavy atom. The van der Waals surface area contributed by atoms with E-state index >= 15 is 0 Å². The van der Waals surface area contributed by atoms with Gasteiger partial charge in [-0.15, -0.1) is 0 Å².